The van der Waals surface area contributed by atoms with Crippen molar-refractivity contribution in [1.82, 2.24) is 9.88 Å². The standard InChI is InChI=1S/C13H19N3O/c1-2-12(10-14-4-1)15-5-7-16(8-6-15)13-3-9-17-11-13/h1-2,4,10,13H,3,5-9,11H2. The van der Waals surface area contributed by atoms with Crippen LogP contribution in [-0.4, -0.2) is 55.3 Å². The molecule has 2 aliphatic rings. The fraction of sp³-hybridized carbons (Fsp3) is 0.615. The third-order valence-electron chi connectivity index (χ3n) is 3.75. The zero-order chi connectivity index (χ0) is 11.5. The predicted molar refractivity (Wildman–Crippen MR) is 67.2 cm³/mol. The van der Waals surface area contributed by atoms with Crippen molar-refractivity contribution in [2.45, 2.75) is 12.5 Å². The van der Waals surface area contributed by atoms with E-state index in [4.69, 9.17) is 4.74 Å². The Labute approximate surface area is 102 Å². The molecular formula is C13H19N3O. The van der Waals surface area contributed by atoms with Crippen LogP contribution < -0.4 is 4.90 Å². The first kappa shape index (κ1) is 11.0. The zero-order valence-electron chi connectivity index (χ0n) is 10.1. The second-order valence-electron chi connectivity index (χ2n) is 4.75. The maximum Gasteiger partial charge on any atom is 0.0622 e. The van der Waals surface area contributed by atoms with Crippen molar-refractivity contribution in [2.75, 3.05) is 44.3 Å². The fourth-order valence-electron chi connectivity index (χ4n) is 2.70. The van der Waals surface area contributed by atoms with E-state index >= 15 is 0 Å². The highest BCUT2D eigenvalue weighted by atomic mass is 16.5. The van der Waals surface area contributed by atoms with Crippen LogP contribution in [0.25, 0.3) is 0 Å². The van der Waals surface area contributed by atoms with Crippen LogP contribution >= 0.6 is 0 Å². The van der Waals surface area contributed by atoms with Gasteiger partial charge in [0.25, 0.3) is 0 Å². The minimum absolute atomic E-state index is 0.658. The molecule has 1 atom stereocenters. The molecular weight excluding hydrogens is 214 g/mol. The Kier molecular flexibility index (Phi) is 3.25. The number of hydrogen-bond donors (Lipinski definition) is 0. The summed E-state index contributed by atoms with van der Waals surface area (Å²) in [6, 6.07) is 4.81. The molecule has 0 spiro atoms. The van der Waals surface area contributed by atoms with E-state index in [9.17, 15) is 0 Å². The van der Waals surface area contributed by atoms with Crippen LogP contribution in [0.4, 0.5) is 5.69 Å². The lowest BCUT2D eigenvalue weighted by atomic mass is 10.2. The second kappa shape index (κ2) is 5.02. The van der Waals surface area contributed by atoms with Crippen LogP contribution in [0.5, 0.6) is 0 Å². The normalized spacial score (nSPS) is 26.4. The summed E-state index contributed by atoms with van der Waals surface area (Å²) in [6.45, 7) is 6.34. The van der Waals surface area contributed by atoms with Crippen molar-refractivity contribution in [2.24, 2.45) is 0 Å². The molecule has 0 aromatic carbocycles. The molecule has 17 heavy (non-hydrogen) atoms. The fourth-order valence-corrected chi connectivity index (χ4v) is 2.70. The summed E-state index contributed by atoms with van der Waals surface area (Å²) in [5.74, 6) is 0. The van der Waals surface area contributed by atoms with E-state index < -0.39 is 0 Å². The highest BCUT2D eigenvalue weighted by molar-refractivity contribution is 5.44. The minimum atomic E-state index is 0.658. The van der Waals surface area contributed by atoms with E-state index in [-0.39, 0.29) is 0 Å². The van der Waals surface area contributed by atoms with Gasteiger partial charge in [0.05, 0.1) is 18.5 Å². The van der Waals surface area contributed by atoms with Gasteiger partial charge >= 0.3 is 0 Å². The topological polar surface area (TPSA) is 28.6 Å². The number of ether oxygens (including phenoxy) is 1. The predicted octanol–water partition coefficient (Wildman–Crippen LogP) is 0.992. The van der Waals surface area contributed by atoms with Crippen LogP contribution in [0.2, 0.25) is 0 Å². The summed E-state index contributed by atoms with van der Waals surface area (Å²) in [4.78, 5) is 9.17. The van der Waals surface area contributed by atoms with Gasteiger partial charge in [-0.1, -0.05) is 0 Å². The third-order valence-corrected chi connectivity index (χ3v) is 3.75. The van der Waals surface area contributed by atoms with Crippen molar-refractivity contribution in [3.63, 3.8) is 0 Å². The Morgan fingerprint density at radius 3 is 2.76 bits per heavy atom. The van der Waals surface area contributed by atoms with Crippen molar-refractivity contribution in [1.29, 1.82) is 0 Å². The van der Waals surface area contributed by atoms with Crippen LogP contribution in [-0.2, 0) is 4.74 Å². The van der Waals surface area contributed by atoms with Gasteiger partial charge in [0.1, 0.15) is 0 Å². The first-order valence-electron chi connectivity index (χ1n) is 6.40. The summed E-state index contributed by atoms with van der Waals surface area (Å²) in [5.41, 5.74) is 1.25. The Bertz CT molecular complexity index is 343. The first-order valence-corrected chi connectivity index (χ1v) is 6.40. The number of anilines is 1. The maximum absolute atomic E-state index is 5.46. The Balaban J connectivity index is 1.57. The van der Waals surface area contributed by atoms with E-state index in [2.05, 4.69) is 20.9 Å². The molecule has 0 saturated carbocycles. The SMILES string of the molecule is c1cncc(N2CCN(C3CCOC3)CC2)c1. The summed E-state index contributed by atoms with van der Waals surface area (Å²) in [6.07, 6.45) is 4.98. The molecule has 3 heterocycles. The van der Waals surface area contributed by atoms with Gasteiger partial charge in [0.2, 0.25) is 0 Å². The number of hydrogen-bond acceptors (Lipinski definition) is 4. The van der Waals surface area contributed by atoms with E-state index in [1.807, 2.05) is 18.5 Å². The monoisotopic (exact) mass is 233 g/mol. The molecule has 3 rings (SSSR count). The highest BCUT2D eigenvalue weighted by Gasteiger charge is 2.26. The van der Waals surface area contributed by atoms with E-state index in [0.29, 0.717) is 6.04 Å². The molecule has 4 nitrogen and oxygen atoms in total. The summed E-state index contributed by atoms with van der Waals surface area (Å²) in [7, 11) is 0. The molecule has 1 aromatic heterocycles. The summed E-state index contributed by atoms with van der Waals surface area (Å²) >= 11 is 0. The van der Waals surface area contributed by atoms with Crippen molar-refractivity contribution >= 4 is 5.69 Å². The molecule has 0 N–H and O–H groups in total. The van der Waals surface area contributed by atoms with Gasteiger partial charge in [0, 0.05) is 45.0 Å². The van der Waals surface area contributed by atoms with Crippen molar-refractivity contribution in [3.8, 4) is 0 Å². The average Bonchev–Trinajstić information content (AvgIpc) is 2.94. The summed E-state index contributed by atoms with van der Waals surface area (Å²) in [5, 5.41) is 0. The Morgan fingerprint density at radius 1 is 1.24 bits per heavy atom. The van der Waals surface area contributed by atoms with E-state index in [1.165, 1.54) is 12.1 Å². The molecule has 0 radical (unpaired) electrons. The van der Waals surface area contributed by atoms with Crippen LogP contribution in [0.1, 0.15) is 6.42 Å². The van der Waals surface area contributed by atoms with E-state index in [1.54, 1.807) is 0 Å². The van der Waals surface area contributed by atoms with Gasteiger partial charge in [-0.15, -0.1) is 0 Å². The first-order chi connectivity index (χ1) is 8.43. The number of piperazine rings is 1. The quantitative estimate of drug-likeness (QED) is 0.762. The number of nitrogens with zero attached hydrogens (tertiary/aromatic N) is 3. The molecule has 0 amide bonds. The van der Waals surface area contributed by atoms with Gasteiger partial charge in [-0.25, -0.2) is 0 Å². The number of pyridine rings is 1. The third kappa shape index (κ3) is 2.42. The van der Waals surface area contributed by atoms with Gasteiger partial charge in [-0.2, -0.15) is 0 Å². The molecule has 0 bridgehead atoms. The van der Waals surface area contributed by atoms with Gasteiger partial charge in [0.15, 0.2) is 0 Å². The zero-order valence-corrected chi connectivity index (χ0v) is 10.1. The lowest BCUT2D eigenvalue weighted by Gasteiger charge is -2.38. The van der Waals surface area contributed by atoms with Crippen LogP contribution in [0, 0.1) is 0 Å². The molecule has 2 fully saturated rings. The maximum atomic E-state index is 5.46. The lowest BCUT2D eigenvalue weighted by Crippen LogP contribution is -2.50. The Morgan fingerprint density at radius 2 is 2.12 bits per heavy atom. The average molecular weight is 233 g/mol. The van der Waals surface area contributed by atoms with Gasteiger partial charge in [-0.05, 0) is 18.6 Å². The molecule has 2 aliphatic heterocycles. The molecule has 92 valence electrons. The van der Waals surface area contributed by atoms with Crippen molar-refractivity contribution < 1.29 is 4.74 Å². The number of rotatable bonds is 2. The van der Waals surface area contributed by atoms with Gasteiger partial charge in [-0.3, -0.25) is 9.88 Å². The Hall–Kier alpha value is -1.13. The lowest BCUT2D eigenvalue weighted by molar-refractivity contribution is 0.139. The molecule has 1 unspecified atom stereocenters. The van der Waals surface area contributed by atoms with Gasteiger partial charge < -0.3 is 9.64 Å². The molecule has 0 aliphatic carbocycles. The second-order valence-corrected chi connectivity index (χ2v) is 4.75. The van der Waals surface area contributed by atoms with Crippen LogP contribution in [0.3, 0.4) is 0 Å². The largest absolute Gasteiger partial charge is 0.380 e. The van der Waals surface area contributed by atoms with Crippen LogP contribution in [0.15, 0.2) is 24.5 Å². The molecule has 1 aromatic rings. The molecule has 2 saturated heterocycles. The minimum Gasteiger partial charge on any atom is -0.380 e. The summed E-state index contributed by atoms with van der Waals surface area (Å²) < 4.78 is 5.46. The van der Waals surface area contributed by atoms with E-state index in [0.717, 1.165) is 39.4 Å². The highest BCUT2D eigenvalue weighted by Crippen LogP contribution is 2.18. The molecule has 4 heteroatoms. The smallest absolute Gasteiger partial charge is 0.0622 e. The van der Waals surface area contributed by atoms with Crippen molar-refractivity contribution in [3.05, 3.63) is 24.5 Å². The number of aromatic nitrogens is 1.